The summed E-state index contributed by atoms with van der Waals surface area (Å²) in [4.78, 5) is 0. The molecule has 0 radical (unpaired) electrons. The van der Waals surface area contributed by atoms with E-state index in [1.807, 2.05) is 36.4 Å². The molecule has 1 aliphatic rings. The molecule has 3 atom stereocenters. The summed E-state index contributed by atoms with van der Waals surface area (Å²) in [5, 5.41) is 1.90. The van der Waals surface area contributed by atoms with Crippen LogP contribution in [0.3, 0.4) is 0 Å². The highest BCUT2D eigenvalue weighted by Crippen LogP contribution is 2.51. The molecule has 1 aliphatic heterocycles. The van der Waals surface area contributed by atoms with Crippen molar-refractivity contribution in [3.05, 3.63) is 63.2 Å². The molecular formula is C25H30BrClFNO2Si. The Morgan fingerprint density at radius 2 is 1.91 bits per heavy atom. The van der Waals surface area contributed by atoms with Gasteiger partial charge in [-0.25, -0.2) is 4.39 Å². The Kier molecular flexibility index (Phi) is 6.29. The van der Waals surface area contributed by atoms with Gasteiger partial charge in [0.1, 0.15) is 5.75 Å². The van der Waals surface area contributed by atoms with E-state index in [0.29, 0.717) is 10.8 Å². The maximum atomic E-state index is 13.9. The lowest BCUT2D eigenvalue weighted by Crippen LogP contribution is -2.41. The number of nitrogens with zero attached hydrogens (tertiary/aromatic N) is 1. The first-order chi connectivity index (χ1) is 14.9. The molecule has 0 saturated heterocycles. The molecule has 0 fully saturated rings. The van der Waals surface area contributed by atoms with Crippen LogP contribution in [0.15, 0.2) is 46.9 Å². The van der Waals surface area contributed by atoms with Crippen molar-refractivity contribution in [3.63, 3.8) is 0 Å². The minimum Gasteiger partial charge on any atom is -0.460 e. The third-order valence-corrected chi connectivity index (χ3v) is 12.2. The van der Waals surface area contributed by atoms with E-state index in [1.54, 1.807) is 0 Å². The van der Waals surface area contributed by atoms with Gasteiger partial charge in [0.05, 0.1) is 17.7 Å². The van der Waals surface area contributed by atoms with Crippen LogP contribution in [0.4, 0.5) is 4.39 Å². The smallest absolute Gasteiger partial charge is 0.235 e. The maximum absolute atomic E-state index is 13.9. The highest BCUT2D eigenvalue weighted by Gasteiger charge is 2.44. The summed E-state index contributed by atoms with van der Waals surface area (Å²) in [5.74, 6) is 0.544. The highest BCUT2D eigenvalue weighted by molar-refractivity contribution is 9.10. The molecule has 0 spiro atoms. The topological polar surface area (TPSA) is 23.4 Å². The molecule has 0 aliphatic carbocycles. The lowest BCUT2D eigenvalue weighted by molar-refractivity contribution is 0.0840. The van der Waals surface area contributed by atoms with E-state index >= 15 is 0 Å². The highest BCUT2D eigenvalue weighted by atomic mass is 79.9. The van der Waals surface area contributed by atoms with Crippen molar-refractivity contribution in [2.45, 2.75) is 70.8 Å². The van der Waals surface area contributed by atoms with Gasteiger partial charge in [0.25, 0.3) is 0 Å². The summed E-state index contributed by atoms with van der Waals surface area (Å²) in [6, 6.07) is 13.8. The zero-order chi connectivity index (χ0) is 23.4. The standard InChI is InChI=1S/C25H30BrClFNO2Si/c1-15(28)30-22-9-7-8-18(26)24(22)21-14-23(31-32(5,6)25(2,3)4)20-12-16-10-11-17(27)13-19(16)29(20)21/h7-13,15,21,23H,14H2,1-6H3/t15?,21-,23-/m0/s1. The van der Waals surface area contributed by atoms with Gasteiger partial charge in [-0.1, -0.05) is 60.4 Å². The molecule has 2 heterocycles. The second kappa shape index (κ2) is 8.46. The Morgan fingerprint density at radius 3 is 2.56 bits per heavy atom. The fourth-order valence-electron chi connectivity index (χ4n) is 4.25. The minimum atomic E-state index is -2.02. The first-order valence-corrected chi connectivity index (χ1v) is 15.0. The molecule has 3 nitrogen and oxygen atoms in total. The number of halogens is 3. The molecule has 0 saturated carbocycles. The Hall–Kier alpha value is -1.34. The number of aromatic nitrogens is 1. The number of benzene rings is 2. The third-order valence-electron chi connectivity index (χ3n) is 6.79. The van der Waals surface area contributed by atoms with E-state index in [1.165, 1.54) is 6.92 Å². The van der Waals surface area contributed by atoms with Crippen LogP contribution >= 0.6 is 27.5 Å². The van der Waals surface area contributed by atoms with Crippen LogP contribution in [-0.4, -0.2) is 19.2 Å². The first-order valence-electron chi connectivity index (χ1n) is 11.0. The van der Waals surface area contributed by atoms with E-state index in [9.17, 15) is 4.39 Å². The second-order valence-corrected chi connectivity index (χ2v) is 16.1. The average Bonchev–Trinajstić information content (AvgIpc) is 3.18. The Bertz CT molecular complexity index is 1150. The largest absolute Gasteiger partial charge is 0.460 e. The molecule has 1 aromatic heterocycles. The molecule has 32 heavy (non-hydrogen) atoms. The fraction of sp³-hybridized carbons (Fsp3) is 0.440. The number of rotatable bonds is 5. The average molecular weight is 539 g/mol. The number of hydrogen-bond donors (Lipinski definition) is 0. The minimum absolute atomic E-state index is 0.0603. The Balaban J connectivity index is 1.89. The summed E-state index contributed by atoms with van der Waals surface area (Å²) < 4.78 is 29.6. The van der Waals surface area contributed by atoms with Gasteiger partial charge in [-0.15, -0.1) is 0 Å². The lowest BCUT2D eigenvalue weighted by Gasteiger charge is -2.38. The van der Waals surface area contributed by atoms with Crippen LogP contribution in [0.1, 0.15) is 57.5 Å². The number of alkyl halides is 1. The third kappa shape index (κ3) is 4.27. The maximum Gasteiger partial charge on any atom is 0.235 e. The normalized spacial score (nSPS) is 19.9. The van der Waals surface area contributed by atoms with E-state index in [0.717, 1.165) is 33.1 Å². The van der Waals surface area contributed by atoms with Gasteiger partial charge in [0.15, 0.2) is 8.32 Å². The molecule has 1 unspecified atom stereocenters. The summed E-state index contributed by atoms with van der Waals surface area (Å²) in [5.41, 5.74) is 3.11. The summed E-state index contributed by atoms with van der Waals surface area (Å²) in [6.07, 6.45) is -0.710. The SMILES string of the molecule is CC(F)Oc1cccc(Br)c1[C@@H]1C[C@H](O[Si](C)(C)C(C)(C)C)c2cc3ccc(Cl)cc3n21. The van der Waals surface area contributed by atoms with Crippen molar-refractivity contribution in [1.82, 2.24) is 4.57 Å². The van der Waals surface area contributed by atoms with Crippen molar-refractivity contribution in [2.75, 3.05) is 0 Å². The quantitative estimate of drug-likeness (QED) is 0.303. The predicted molar refractivity (Wildman–Crippen MR) is 136 cm³/mol. The fourth-order valence-corrected chi connectivity index (χ4v) is 6.31. The predicted octanol–water partition coefficient (Wildman–Crippen LogP) is 8.81. The van der Waals surface area contributed by atoms with Crippen LogP contribution in [0.25, 0.3) is 10.9 Å². The molecule has 0 bridgehead atoms. The summed E-state index contributed by atoms with van der Waals surface area (Å²) in [7, 11) is -2.02. The van der Waals surface area contributed by atoms with Gasteiger partial charge in [-0.05, 0) is 48.5 Å². The molecule has 3 aromatic rings. The van der Waals surface area contributed by atoms with Crippen molar-refractivity contribution in [3.8, 4) is 5.75 Å². The first kappa shape index (κ1) is 23.8. The van der Waals surface area contributed by atoms with Gasteiger partial charge < -0.3 is 13.7 Å². The molecule has 0 N–H and O–H groups in total. The number of hydrogen-bond acceptors (Lipinski definition) is 2. The number of fused-ring (bicyclic) bond motifs is 3. The summed E-state index contributed by atoms with van der Waals surface area (Å²) >= 11 is 10.1. The van der Waals surface area contributed by atoms with Gasteiger partial charge >= 0.3 is 0 Å². The Labute approximate surface area is 204 Å². The molecule has 0 amide bonds. The van der Waals surface area contributed by atoms with E-state index in [-0.39, 0.29) is 17.2 Å². The van der Waals surface area contributed by atoms with E-state index < -0.39 is 14.7 Å². The van der Waals surface area contributed by atoms with Crippen molar-refractivity contribution in [1.29, 1.82) is 0 Å². The van der Waals surface area contributed by atoms with Crippen LogP contribution < -0.4 is 4.74 Å². The molecule has 2 aromatic carbocycles. The van der Waals surface area contributed by atoms with Crippen LogP contribution in [0.2, 0.25) is 23.2 Å². The van der Waals surface area contributed by atoms with Crippen molar-refractivity contribution in [2.24, 2.45) is 0 Å². The van der Waals surface area contributed by atoms with Crippen molar-refractivity contribution < 1.29 is 13.6 Å². The molecular weight excluding hydrogens is 509 g/mol. The van der Waals surface area contributed by atoms with Crippen LogP contribution in [0.5, 0.6) is 5.75 Å². The zero-order valence-electron chi connectivity index (χ0n) is 19.4. The number of ether oxygens (including phenoxy) is 1. The van der Waals surface area contributed by atoms with Crippen LogP contribution in [0, 0.1) is 0 Å². The Morgan fingerprint density at radius 1 is 1.19 bits per heavy atom. The van der Waals surface area contributed by atoms with Crippen molar-refractivity contribution >= 4 is 46.8 Å². The van der Waals surface area contributed by atoms with Gasteiger partial charge in [-0.2, -0.15) is 0 Å². The van der Waals surface area contributed by atoms with E-state index in [2.05, 4.69) is 60.4 Å². The second-order valence-electron chi connectivity index (χ2n) is 10.1. The van der Waals surface area contributed by atoms with Gasteiger partial charge in [0, 0.05) is 39.5 Å². The lowest BCUT2D eigenvalue weighted by atomic mass is 10.0. The van der Waals surface area contributed by atoms with E-state index in [4.69, 9.17) is 20.8 Å². The molecule has 7 heteroatoms. The van der Waals surface area contributed by atoms with Gasteiger partial charge in [-0.3, -0.25) is 0 Å². The summed E-state index contributed by atoms with van der Waals surface area (Å²) in [6.45, 7) is 12.7. The zero-order valence-corrected chi connectivity index (χ0v) is 22.7. The molecule has 172 valence electrons. The molecule has 4 rings (SSSR count). The van der Waals surface area contributed by atoms with Gasteiger partial charge in [0.2, 0.25) is 6.36 Å². The van der Waals surface area contributed by atoms with Crippen LogP contribution in [-0.2, 0) is 4.43 Å². The monoisotopic (exact) mass is 537 g/mol.